The molecule has 3 rings (SSSR count). The van der Waals surface area contributed by atoms with Gasteiger partial charge in [-0.15, -0.1) is 12.4 Å². The van der Waals surface area contributed by atoms with Gasteiger partial charge in [-0.1, -0.05) is 0 Å². The molecule has 0 radical (unpaired) electrons. The largest absolute Gasteiger partial charge is 0.352 e. The minimum atomic E-state index is -0.453. The van der Waals surface area contributed by atoms with Crippen LogP contribution in [0.2, 0.25) is 0 Å². The molecule has 25 heavy (non-hydrogen) atoms. The van der Waals surface area contributed by atoms with Crippen molar-refractivity contribution in [1.82, 2.24) is 20.4 Å². The fourth-order valence-corrected chi connectivity index (χ4v) is 2.75. The SMILES string of the molecule is Cl.O=C(NCC1CCCNC1)c1cnn(-c2ccc([N+](=O)[O-])cc2)c1. The van der Waals surface area contributed by atoms with Crippen molar-refractivity contribution in [1.29, 1.82) is 0 Å². The van der Waals surface area contributed by atoms with Crippen molar-refractivity contribution in [2.24, 2.45) is 5.92 Å². The van der Waals surface area contributed by atoms with Crippen LogP contribution in [0.5, 0.6) is 0 Å². The van der Waals surface area contributed by atoms with Gasteiger partial charge in [0.1, 0.15) is 0 Å². The first-order valence-corrected chi connectivity index (χ1v) is 7.92. The number of aromatic nitrogens is 2. The van der Waals surface area contributed by atoms with Gasteiger partial charge in [0.25, 0.3) is 11.6 Å². The molecule has 2 aromatic rings. The fourth-order valence-electron chi connectivity index (χ4n) is 2.75. The Morgan fingerprint density at radius 1 is 1.40 bits per heavy atom. The molecule has 1 aliphatic rings. The van der Waals surface area contributed by atoms with Crippen LogP contribution >= 0.6 is 12.4 Å². The second-order valence-electron chi connectivity index (χ2n) is 5.87. The van der Waals surface area contributed by atoms with Crippen LogP contribution in [0.25, 0.3) is 5.69 Å². The topological polar surface area (TPSA) is 102 Å². The second kappa shape index (κ2) is 8.59. The summed E-state index contributed by atoms with van der Waals surface area (Å²) in [4.78, 5) is 22.4. The third-order valence-corrected chi connectivity index (χ3v) is 4.12. The smallest absolute Gasteiger partial charge is 0.269 e. The lowest BCUT2D eigenvalue weighted by Gasteiger charge is -2.22. The lowest BCUT2D eigenvalue weighted by molar-refractivity contribution is -0.384. The average Bonchev–Trinajstić information content (AvgIpc) is 3.11. The van der Waals surface area contributed by atoms with Crippen molar-refractivity contribution in [2.45, 2.75) is 12.8 Å². The summed E-state index contributed by atoms with van der Waals surface area (Å²) in [5, 5.41) is 21.1. The molecule has 134 valence electrons. The van der Waals surface area contributed by atoms with Crippen LogP contribution in [0.4, 0.5) is 5.69 Å². The molecule has 9 heteroatoms. The summed E-state index contributed by atoms with van der Waals surface area (Å²) in [6.07, 6.45) is 5.37. The van der Waals surface area contributed by atoms with E-state index < -0.39 is 4.92 Å². The number of nitro groups is 1. The first kappa shape index (κ1) is 18.9. The van der Waals surface area contributed by atoms with Gasteiger partial charge in [0.2, 0.25) is 0 Å². The number of hydrogen-bond donors (Lipinski definition) is 2. The van der Waals surface area contributed by atoms with Crippen LogP contribution in [0.1, 0.15) is 23.2 Å². The summed E-state index contributed by atoms with van der Waals surface area (Å²) in [6.45, 7) is 2.63. The first-order chi connectivity index (χ1) is 11.6. The lowest BCUT2D eigenvalue weighted by atomic mass is 10.00. The maximum atomic E-state index is 12.2. The molecule has 0 spiro atoms. The van der Waals surface area contributed by atoms with E-state index in [1.54, 1.807) is 18.3 Å². The van der Waals surface area contributed by atoms with E-state index in [1.807, 2.05) is 0 Å². The van der Waals surface area contributed by atoms with E-state index in [0.29, 0.717) is 23.7 Å². The highest BCUT2D eigenvalue weighted by Gasteiger charge is 2.15. The molecule has 1 unspecified atom stereocenters. The Hall–Kier alpha value is -2.45. The number of carbonyl (C=O) groups is 1. The highest BCUT2D eigenvalue weighted by Crippen LogP contribution is 2.15. The minimum absolute atomic E-state index is 0. The van der Waals surface area contributed by atoms with E-state index in [1.165, 1.54) is 23.0 Å². The third-order valence-electron chi connectivity index (χ3n) is 4.12. The molecule has 1 aromatic heterocycles. The number of benzene rings is 1. The molecule has 1 atom stereocenters. The van der Waals surface area contributed by atoms with Crippen molar-refractivity contribution in [3.8, 4) is 5.69 Å². The molecule has 1 fully saturated rings. The van der Waals surface area contributed by atoms with Gasteiger partial charge in [0.05, 0.1) is 22.4 Å². The van der Waals surface area contributed by atoms with Crippen molar-refractivity contribution in [3.05, 3.63) is 52.3 Å². The maximum Gasteiger partial charge on any atom is 0.269 e. The van der Waals surface area contributed by atoms with Crippen LogP contribution in [0.3, 0.4) is 0 Å². The minimum Gasteiger partial charge on any atom is -0.352 e. The second-order valence-corrected chi connectivity index (χ2v) is 5.87. The fraction of sp³-hybridized carbons (Fsp3) is 0.375. The average molecular weight is 366 g/mol. The summed E-state index contributed by atoms with van der Waals surface area (Å²) in [6, 6.07) is 6.01. The van der Waals surface area contributed by atoms with Gasteiger partial charge in [-0.25, -0.2) is 4.68 Å². The maximum absolute atomic E-state index is 12.2. The predicted molar refractivity (Wildman–Crippen MR) is 95.4 cm³/mol. The third kappa shape index (κ3) is 4.77. The molecular weight excluding hydrogens is 346 g/mol. The van der Waals surface area contributed by atoms with Crippen LogP contribution < -0.4 is 10.6 Å². The molecule has 1 aromatic carbocycles. The van der Waals surface area contributed by atoms with Crippen LogP contribution in [0, 0.1) is 16.0 Å². The molecule has 1 aliphatic heterocycles. The van der Waals surface area contributed by atoms with Gasteiger partial charge in [-0.3, -0.25) is 14.9 Å². The summed E-state index contributed by atoms with van der Waals surface area (Å²) >= 11 is 0. The molecule has 1 saturated heterocycles. The normalized spacial score (nSPS) is 16.7. The zero-order valence-corrected chi connectivity index (χ0v) is 14.4. The lowest BCUT2D eigenvalue weighted by Crippen LogP contribution is -2.38. The Balaban J connectivity index is 0.00000225. The highest BCUT2D eigenvalue weighted by molar-refractivity contribution is 5.93. The Labute approximate surface area is 151 Å². The number of nitrogens with zero attached hydrogens (tertiary/aromatic N) is 3. The Bertz CT molecular complexity index is 726. The van der Waals surface area contributed by atoms with E-state index >= 15 is 0 Å². The highest BCUT2D eigenvalue weighted by atomic mass is 35.5. The van der Waals surface area contributed by atoms with E-state index in [9.17, 15) is 14.9 Å². The Morgan fingerprint density at radius 3 is 2.80 bits per heavy atom. The summed E-state index contributed by atoms with van der Waals surface area (Å²) < 4.78 is 1.53. The molecule has 2 N–H and O–H groups in total. The first-order valence-electron chi connectivity index (χ1n) is 7.92. The zero-order chi connectivity index (χ0) is 16.9. The van der Waals surface area contributed by atoms with Crippen molar-refractivity contribution < 1.29 is 9.72 Å². The van der Waals surface area contributed by atoms with E-state index in [0.717, 1.165) is 25.9 Å². The predicted octanol–water partition coefficient (Wildman–Crippen LogP) is 1.93. The molecule has 0 bridgehead atoms. The number of carbonyl (C=O) groups excluding carboxylic acids is 1. The van der Waals surface area contributed by atoms with Gasteiger partial charge in [0, 0.05) is 24.9 Å². The molecule has 2 heterocycles. The molecule has 1 amide bonds. The van der Waals surface area contributed by atoms with E-state index in [-0.39, 0.29) is 24.0 Å². The molecule has 8 nitrogen and oxygen atoms in total. The molecule has 0 aliphatic carbocycles. The standard InChI is InChI=1S/C16H19N5O3.ClH/c22-16(18-9-12-2-1-7-17-8-12)13-10-19-20(11-13)14-3-5-15(6-4-14)21(23)24;/h3-6,10-12,17H,1-2,7-9H2,(H,18,22);1H. The Morgan fingerprint density at radius 2 is 2.16 bits per heavy atom. The summed E-state index contributed by atoms with van der Waals surface area (Å²) in [5.74, 6) is 0.307. The number of nitro benzene ring substituents is 1. The number of non-ortho nitro benzene ring substituents is 1. The van der Waals surface area contributed by atoms with Gasteiger partial charge < -0.3 is 10.6 Å². The van der Waals surface area contributed by atoms with Crippen LogP contribution in [-0.2, 0) is 0 Å². The monoisotopic (exact) mass is 365 g/mol. The molecular formula is C16H20ClN5O3. The van der Waals surface area contributed by atoms with E-state index in [2.05, 4.69) is 15.7 Å². The molecule has 0 saturated carbocycles. The van der Waals surface area contributed by atoms with Gasteiger partial charge in [0.15, 0.2) is 0 Å². The van der Waals surface area contributed by atoms with E-state index in [4.69, 9.17) is 0 Å². The Kier molecular flexibility index (Phi) is 6.49. The van der Waals surface area contributed by atoms with Crippen molar-refractivity contribution in [3.63, 3.8) is 0 Å². The number of piperidine rings is 1. The number of hydrogen-bond acceptors (Lipinski definition) is 5. The van der Waals surface area contributed by atoms with Gasteiger partial charge in [-0.05, 0) is 44.0 Å². The quantitative estimate of drug-likeness (QED) is 0.622. The van der Waals surface area contributed by atoms with Crippen LogP contribution in [0.15, 0.2) is 36.7 Å². The van der Waals surface area contributed by atoms with Gasteiger partial charge in [-0.2, -0.15) is 5.10 Å². The summed E-state index contributed by atoms with van der Waals surface area (Å²) in [5.41, 5.74) is 1.15. The van der Waals surface area contributed by atoms with Gasteiger partial charge >= 0.3 is 0 Å². The number of halogens is 1. The van der Waals surface area contributed by atoms with Crippen molar-refractivity contribution >= 4 is 24.0 Å². The zero-order valence-electron chi connectivity index (χ0n) is 13.6. The number of rotatable bonds is 5. The summed E-state index contributed by atoms with van der Waals surface area (Å²) in [7, 11) is 0. The number of nitrogens with one attached hydrogen (secondary N) is 2. The van der Waals surface area contributed by atoms with Crippen molar-refractivity contribution in [2.75, 3.05) is 19.6 Å². The number of amides is 1. The van der Waals surface area contributed by atoms with Crippen LogP contribution in [-0.4, -0.2) is 40.2 Å².